The number of hydrogen-bond donors (Lipinski definition) is 0. The molecule has 1 aromatic rings. The quantitative estimate of drug-likeness (QED) is 0.367. The molecule has 21 heavy (non-hydrogen) atoms. The Hall–Kier alpha value is -0.853. The molecule has 0 aliphatic carbocycles. The first kappa shape index (κ1) is 18.2. The van der Waals surface area contributed by atoms with Gasteiger partial charge in [-0.1, -0.05) is 12.8 Å². The minimum atomic E-state index is -1.56. The zero-order chi connectivity index (χ0) is 15.7. The lowest BCUT2D eigenvalue weighted by molar-refractivity contribution is 0.212. The zero-order valence-corrected chi connectivity index (χ0v) is 13.8. The van der Waals surface area contributed by atoms with Crippen molar-refractivity contribution in [2.45, 2.75) is 45.6 Å². The minimum absolute atomic E-state index is 0.234. The molecule has 0 saturated heterocycles. The van der Waals surface area contributed by atoms with Crippen molar-refractivity contribution in [2.24, 2.45) is 0 Å². The molecule has 0 fully saturated rings. The number of benzene rings is 1. The average molecular weight is 320 g/mol. The fourth-order valence-corrected chi connectivity index (χ4v) is 3.94. The molecule has 2 nitrogen and oxygen atoms in total. The summed E-state index contributed by atoms with van der Waals surface area (Å²) < 4.78 is 50.4. The van der Waals surface area contributed by atoms with Gasteiger partial charge < -0.3 is 8.85 Å². The Morgan fingerprint density at radius 3 is 2.10 bits per heavy atom. The summed E-state index contributed by atoms with van der Waals surface area (Å²) in [7, 11) is -1.56. The second-order valence-electron chi connectivity index (χ2n) is 4.80. The summed E-state index contributed by atoms with van der Waals surface area (Å²) in [5, 5.41) is 0. The van der Waals surface area contributed by atoms with Gasteiger partial charge in [-0.05, 0) is 44.4 Å². The summed E-state index contributed by atoms with van der Waals surface area (Å²) in [6, 6.07) is 2.47. The molecule has 1 aromatic carbocycles. The van der Waals surface area contributed by atoms with Gasteiger partial charge in [-0.15, -0.1) is 0 Å². The third kappa shape index (κ3) is 6.63. The number of aryl methyl sites for hydroxylation is 1. The molecule has 0 atom stereocenters. The standard InChI is InChI=1S/C15H23F3O2Si/c1-3-19-21(20-4-2)9-7-5-6-8-12-10-14(17)15(18)11-13(12)16/h10-11,21H,3-9H2,1-2H3. The van der Waals surface area contributed by atoms with Crippen molar-refractivity contribution in [3.63, 3.8) is 0 Å². The molecule has 0 radical (unpaired) electrons. The molecule has 0 heterocycles. The second-order valence-corrected chi connectivity index (χ2v) is 6.90. The molecule has 0 aliphatic heterocycles. The lowest BCUT2D eigenvalue weighted by Gasteiger charge is -2.14. The molecule has 0 aromatic heterocycles. The molecule has 0 bridgehead atoms. The lowest BCUT2D eigenvalue weighted by atomic mass is 10.1. The molecule has 0 spiro atoms. The largest absolute Gasteiger partial charge is 0.397 e. The van der Waals surface area contributed by atoms with Crippen LogP contribution in [0.1, 0.15) is 38.7 Å². The van der Waals surface area contributed by atoms with E-state index in [2.05, 4.69) is 0 Å². The molecular weight excluding hydrogens is 297 g/mol. The third-order valence-corrected chi connectivity index (χ3v) is 5.47. The SMILES string of the molecule is CCO[SiH](CCCCCc1cc(F)c(F)cc1F)OCC. The van der Waals surface area contributed by atoms with Crippen molar-refractivity contribution in [3.05, 3.63) is 35.1 Å². The third-order valence-electron chi connectivity index (χ3n) is 3.18. The van der Waals surface area contributed by atoms with E-state index in [-0.39, 0.29) is 5.56 Å². The molecule has 0 amide bonds. The highest BCUT2D eigenvalue weighted by molar-refractivity contribution is 6.44. The summed E-state index contributed by atoms with van der Waals surface area (Å²) in [4.78, 5) is 0. The average Bonchev–Trinajstić information content (AvgIpc) is 2.44. The fraction of sp³-hybridized carbons (Fsp3) is 0.600. The van der Waals surface area contributed by atoms with Crippen molar-refractivity contribution in [3.8, 4) is 0 Å². The Balaban J connectivity index is 2.29. The van der Waals surface area contributed by atoms with E-state index in [4.69, 9.17) is 8.85 Å². The van der Waals surface area contributed by atoms with Crippen LogP contribution in [0.2, 0.25) is 6.04 Å². The van der Waals surface area contributed by atoms with Gasteiger partial charge in [0.25, 0.3) is 0 Å². The predicted molar refractivity (Wildman–Crippen MR) is 79.1 cm³/mol. The highest BCUT2D eigenvalue weighted by Crippen LogP contribution is 2.17. The van der Waals surface area contributed by atoms with E-state index in [1.54, 1.807) is 0 Å². The maximum absolute atomic E-state index is 13.4. The Labute approximate surface area is 126 Å². The molecule has 1 rings (SSSR count). The van der Waals surface area contributed by atoms with Gasteiger partial charge in [-0.25, -0.2) is 13.2 Å². The van der Waals surface area contributed by atoms with Gasteiger partial charge in [0.1, 0.15) is 5.82 Å². The number of unbranched alkanes of at least 4 members (excludes halogenated alkanes) is 2. The monoisotopic (exact) mass is 320 g/mol. The maximum Gasteiger partial charge on any atom is 0.321 e. The van der Waals surface area contributed by atoms with E-state index < -0.39 is 26.7 Å². The fourth-order valence-electron chi connectivity index (χ4n) is 2.15. The van der Waals surface area contributed by atoms with E-state index in [1.165, 1.54) is 0 Å². The van der Waals surface area contributed by atoms with Crippen LogP contribution in [-0.2, 0) is 15.3 Å². The Morgan fingerprint density at radius 2 is 1.48 bits per heavy atom. The minimum Gasteiger partial charge on any atom is -0.397 e. The zero-order valence-electron chi connectivity index (χ0n) is 12.6. The van der Waals surface area contributed by atoms with Crippen LogP contribution in [0.5, 0.6) is 0 Å². The van der Waals surface area contributed by atoms with Gasteiger partial charge in [0.05, 0.1) is 0 Å². The van der Waals surface area contributed by atoms with Crippen molar-refractivity contribution in [2.75, 3.05) is 13.2 Å². The van der Waals surface area contributed by atoms with Crippen molar-refractivity contribution < 1.29 is 22.0 Å². The summed E-state index contributed by atoms with van der Waals surface area (Å²) >= 11 is 0. The van der Waals surface area contributed by atoms with Gasteiger partial charge in [-0.3, -0.25) is 0 Å². The molecule has 0 aliphatic rings. The highest BCUT2D eigenvalue weighted by Gasteiger charge is 2.12. The van der Waals surface area contributed by atoms with Gasteiger partial charge >= 0.3 is 9.28 Å². The van der Waals surface area contributed by atoms with E-state index in [0.29, 0.717) is 25.7 Å². The van der Waals surface area contributed by atoms with E-state index in [0.717, 1.165) is 31.4 Å². The van der Waals surface area contributed by atoms with E-state index >= 15 is 0 Å². The topological polar surface area (TPSA) is 18.5 Å². The molecule has 0 unspecified atom stereocenters. The second kappa shape index (κ2) is 9.97. The maximum atomic E-state index is 13.4. The molecular formula is C15H23F3O2Si. The van der Waals surface area contributed by atoms with Gasteiger partial charge in [0, 0.05) is 19.3 Å². The first-order chi connectivity index (χ1) is 10.1. The Morgan fingerprint density at radius 1 is 0.857 bits per heavy atom. The van der Waals surface area contributed by atoms with Gasteiger partial charge in [0.2, 0.25) is 0 Å². The first-order valence-electron chi connectivity index (χ1n) is 7.45. The highest BCUT2D eigenvalue weighted by atomic mass is 28.3. The van der Waals surface area contributed by atoms with Crippen LogP contribution >= 0.6 is 0 Å². The number of rotatable bonds is 10. The van der Waals surface area contributed by atoms with Crippen LogP contribution in [0.3, 0.4) is 0 Å². The van der Waals surface area contributed by atoms with Crippen LogP contribution < -0.4 is 0 Å². The first-order valence-corrected chi connectivity index (χ1v) is 9.21. The van der Waals surface area contributed by atoms with Crippen LogP contribution in [0, 0.1) is 17.5 Å². The molecule has 0 N–H and O–H groups in total. The lowest BCUT2D eigenvalue weighted by Crippen LogP contribution is -2.22. The van der Waals surface area contributed by atoms with Crippen molar-refractivity contribution >= 4 is 9.28 Å². The van der Waals surface area contributed by atoms with Gasteiger partial charge in [-0.2, -0.15) is 0 Å². The van der Waals surface area contributed by atoms with Crippen LogP contribution in [-0.4, -0.2) is 22.5 Å². The predicted octanol–water partition coefficient (Wildman–Crippen LogP) is 4.11. The van der Waals surface area contributed by atoms with Crippen LogP contribution in [0.15, 0.2) is 12.1 Å². The smallest absolute Gasteiger partial charge is 0.321 e. The van der Waals surface area contributed by atoms with Gasteiger partial charge in [0.15, 0.2) is 11.6 Å². The number of halogens is 3. The Bertz CT molecular complexity index is 424. The number of hydrogen-bond acceptors (Lipinski definition) is 2. The summed E-state index contributed by atoms with van der Waals surface area (Å²) in [6.45, 7) is 5.23. The van der Waals surface area contributed by atoms with E-state index in [1.807, 2.05) is 13.8 Å². The van der Waals surface area contributed by atoms with Crippen molar-refractivity contribution in [1.82, 2.24) is 0 Å². The van der Waals surface area contributed by atoms with Crippen LogP contribution in [0.25, 0.3) is 0 Å². The molecule has 0 saturated carbocycles. The molecule has 120 valence electrons. The molecule has 6 heteroatoms. The van der Waals surface area contributed by atoms with Crippen LogP contribution in [0.4, 0.5) is 13.2 Å². The van der Waals surface area contributed by atoms with Crippen molar-refractivity contribution in [1.29, 1.82) is 0 Å². The Kier molecular flexibility index (Phi) is 8.64. The summed E-state index contributed by atoms with van der Waals surface area (Å²) in [5.41, 5.74) is 0.234. The normalized spacial score (nSPS) is 11.3. The van der Waals surface area contributed by atoms with E-state index in [9.17, 15) is 13.2 Å². The summed E-state index contributed by atoms with van der Waals surface area (Å²) in [5.74, 6) is -2.81. The summed E-state index contributed by atoms with van der Waals surface area (Å²) in [6.07, 6.45) is 2.99.